The van der Waals surface area contributed by atoms with Gasteiger partial charge in [-0.2, -0.15) is 0 Å². The number of hydrogen-bond acceptors (Lipinski definition) is 1. The van der Waals surface area contributed by atoms with Crippen LogP contribution in [0.5, 0.6) is 0 Å². The third kappa shape index (κ3) is 4.36. The van der Waals surface area contributed by atoms with Crippen molar-refractivity contribution in [2.45, 2.75) is 0 Å². The van der Waals surface area contributed by atoms with E-state index in [1.54, 1.807) is 23.5 Å². The van der Waals surface area contributed by atoms with Gasteiger partial charge in [-0.05, 0) is 96.4 Å². The second-order valence-corrected chi connectivity index (χ2v) is 11.9. The molecular weight excluding hydrogens is 561 g/mol. The summed E-state index contributed by atoms with van der Waals surface area (Å²) in [5, 5.41) is 5.88. The maximum atomic E-state index is 9.46. The number of thiophene rings is 1. The van der Waals surface area contributed by atoms with Crippen LogP contribution < -0.4 is 0 Å². The van der Waals surface area contributed by atoms with E-state index in [1.807, 2.05) is 60.7 Å². The number of hydrogen-bond donors (Lipinski definition) is 0. The number of benzene rings is 8. The van der Waals surface area contributed by atoms with Crippen molar-refractivity contribution in [2.24, 2.45) is 0 Å². The summed E-state index contributed by atoms with van der Waals surface area (Å²) in [6.07, 6.45) is 0. The SMILES string of the molecule is [2H]c1c(-c2c([2H])c([2H])c([2H])c([2H])c2[2H])cc(-c2c3ccccc3c(-c3ccc4c(c3)sc3ccccc34)c3ccccc23)cc1-c1c([2H])c([2H])c([2H])c([2H])c1[2H]. The lowest BCUT2D eigenvalue weighted by Crippen LogP contribution is -1.92. The second-order valence-electron chi connectivity index (χ2n) is 10.8. The first-order chi connectivity index (χ1) is 26.9. The molecule has 1 heterocycles. The maximum absolute atomic E-state index is 9.46. The van der Waals surface area contributed by atoms with Gasteiger partial charge in [0.15, 0.2) is 0 Å². The largest absolute Gasteiger partial charge is 0.135 e. The molecule has 1 heteroatoms. The van der Waals surface area contributed by atoms with Gasteiger partial charge in [0.2, 0.25) is 0 Å². The van der Waals surface area contributed by atoms with Crippen LogP contribution in [0.15, 0.2) is 170 Å². The van der Waals surface area contributed by atoms with Gasteiger partial charge in [0.25, 0.3) is 0 Å². The van der Waals surface area contributed by atoms with Crippen molar-refractivity contribution in [2.75, 3.05) is 0 Å². The number of fused-ring (bicyclic) bond motifs is 5. The molecular formula is C44H28S. The van der Waals surface area contributed by atoms with Gasteiger partial charge in [0.1, 0.15) is 0 Å². The van der Waals surface area contributed by atoms with Crippen molar-refractivity contribution >= 4 is 53.1 Å². The highest BCUT2D eigenvalue weighted by atomic mass is 32.1. The Kier molecular flexibility index (Phi) is 4.03. The second kappa shape index (κ2) is 10.6. The highest BCUT2D eigenvalue weighted by Crippen LogP contribution is 2.46. The van der Waals surface area contributed by atoms with Gasteiger partial charge < -0.3 is 0 Å². The van der Waals surface area contributed by atoms with E-state index < -0.39 is 60.4 Å². The van der Waals surface area contributed by atoms with Crippen LogP contribution in [0.1, 0.15) is 15.1 Å². The van der Waals surface area contributed by atoms with Gasteiger partial charge in [-0.3, -0.25) is 0 Å². The Hall–Kier alpha value is -5.50. The van der Waals surface area contributed by atoms with Gasteiger partial charge in [-0.25, -0.2) is 0 Å². The summed E-state index contributed by atoms with van der Waals surface area (Å²) in [7, 11) is 0. The lowest BCUT2D eigenvalue weighted by atomic mass is 9.84. The minimum Gasteiger partial charge on any atom is -0.135 e. The van der Waals surface area contributed by atoms with E-state index in [0.717, 1.165) is 37.4 Å². The molecule has 1 aromatic heterocycles. The van der Waals surface area contributed by atoms with Crippen LogP contribution in [0.25, 0.3) is 86.2 Å². The lowest BCUT2D eigenvalue weighted by Gasteiger charge is -2.19. The molecule has 9 aromatic rings. The molecule has 0 amide bonds. The summed E-state index contributed by atoms with van der Waals surface area (Å²) < 4.78 is 97.5. The maximum Gasteiger partial charge on any atom is 0.0636 e. The fourth-order valence-electron chi connectivity index (χ4n) is 6.38. The highest BCUT2D eigenvalue weighted by molar-refractivity contribution is 7.25. The highest BCUT2D eigenvalue weighted by Gasteiger charge is 2.18. The first-order valence-corrected chi connectivity index (χ1v) is 15.3. The number of rotatable bonds is 4. The third-order valence-electron chi connectivity index (χ3n) is 8.30. The van der Waals surface area contributed by atoms with Crippen molar-refractivity contribution in [1.82, 2.24) is 0 Å². The molecule has 0 nitrogen and oxygen atoms in total. The first kappa shape index (κ1) is 17.1. The molecule has 0 aliphatic carbocycles. The quantitative estimate of drug-likeness (QED) is 0.177. The van der Waals surface area contributed by atoms with Crippen molar-refractivity contribution in [1.29, 1.82) is 0 Å². The fourth-order valence-corrected chi connectivity index (χ4v) is 7.53. The Morgan fingerprint density at radius 1 is 0.356 bits per heavy atom. The molecule has 0 saturated heterocycles. The van der Waals surface area contributed by atoms with Crippen LogP contribution in [0, 0.1) is 0 Å². The average molecular weight is 600 g/mol. The average Bonchev–Trinajstić information content (AvgIpc) is 3.59. The first-order valence-electron chi connectivity index (χ1n) is 20.0. The van der Waals surface area contributed by atoms with Crippen LogP contribution in [0.2, 0.25) is 0 Å². The fraction of sp³-hybridized carbons (Fsp3) is 0. The zero-order valence-electron chi connectivity index (χ0n) is 34.7. The lowest BCUT2D eigenvalue weighted by molar-refractivity contribution is 1.58. The van der Waals surface area contributed by atoms with Crippen molar-refractivity contribution in [3.63, 3.8) is 0 Å². The van der Waals surface area contributed by atoms with E-state index in [0.29, 0.717) is 11.1 Å². The monoisotopic (exact) mass is 599 g/mol. The normalized spacial score (nSPS) is 15.0. The molecule has 0 aliphatic rings. The summed E-state index contributed by atoms with van der Waals surface area (Å²) in [5.41, 5.74) is 2.70. The minimum atomic E-state index is -0.585. The molecule has 8 aromatic carbocycles. The van der Waals surface area contributed by atoms with Gasteiger partial charge >= 0.3 is 0 Å². The predicted molar refractivity (Wildman–Crippen MR) is 196 cm³/mol. The van der Waals surface area contributed by atoms with Crippen molar-refractivity contribution < 1.29 is 15.1 Å². The molecule has 0 radical (unpaired) electrons. The molecule has 210 valence electrons. The molecule has 0 spiro atoms. The molecule has 0 saturated carbocycles. The van der Waals surface area contributed by atoms with Crippen LogP contribution in [0.4, 0.5) is 0 Å². The molecule has 0 fully saturated rings. The zero-order valence-corrected chi connectivity index (χ0v) is 24.5. The Morgan fingerprint density at radius 3 is 1.38 bits per heavy atom. The summed E-state index contributed by atoms with van der Waals surface area (Å²) in [5.74, 6) is 0. The molecule has 0 atom stereocenters. The summed E-state index contributed by atoms with van der Waals surface area (Å²) >= 11 is 1.74. The Morgan fingerprint density at radius 2 is 0.822 bits per heavy atom. The van der Waals surface area contributed by atoms with Gasteiger partial charge in [-0.1, -0.05) is 139 Å². The van der Waals surface area contributed by atoms with Crippen LogP contribution in [0.3, 0.4) is 0 Å². The van der Waals surface area contributed by atoms with E-state index in [9.17, 15) is 1.37 Å². The van der Waals surface area contributed by atoms with E-state index in [1.165, 1.54) is 15.5 Å². The minimum absolute atomic E-state index is 0.0336. The zero-order chi connectivity index (χ0) is 39.3. The van der Waals surface area contributed by atoms with Gasteiger partial charge in [0, 0.05) is 20.2 Å². The van der Waals surface area contributed by atoms with Crippen LogP contribution in [-0.2, 0) is 0 Å². The molecule has 0 unspecified atom stereocenters. The van der Waals surface area contributed by atoms with E-state index >= 15 is 0 Å². The summed E-state index contributed by atoms with van der Waals surface area (Å²) in [6.45, 7) is 0. The molecule has 0 N–H and O–H groups in total. The third-order valence-corrected chi connectivity index (χ3v) is 9.43. The van der Waals surface area contributed by atoms with Gasteiger partial charge in [0.05, 0.1) is 15.1 Å². The van der Waals surface area contributed by atoms with Crippen LogP contribution in [-0.4, -0.2) is 0 Å². The molecule has 0 bridgehead atoms. The van der Waals surface area contributed by atoms with Crippen molar-refractivity contribution in [3.05, 3.63) is 170 Å². The topological polar surface area (TPSA) is 0 Å². The van der Waals surface area contributed by atoms with E-state index in [4.69, 9.17) is 13.7 Å². The Bertz CT molecular complexity index is 2960. The molecule has 9 rings (SSSR count). The van der Waals surface area contributed by atoms with Gasteiger partial charge in [-0.15, -0.1) is 11.3 Å². The standard InChI is InChI=1S/C44H28S/c1-3-13-29(14-4-1)32-25-33(30-15-5-2-6-16-30)27-34(26-32)44-39-20-9-7-18-37(39)43(38-19-8-10-21-40(38)44)31-23-24-36-35-17-11-12-22-41(35)45-42(36)28-31/h1-28H/i1D,2D,3D,4D,5D,6D,13D,14D,15D,16D,25D. The Balaban J connectivity index is 1.42. The smallest absolute Gasteiger partial charge is 0.0636 e. The summed E-state index contributed by atoms with van der Waals surface area (Å²) in [4.78, 5) is 0. The molecule has 0 aliphatic heterocycles. The van der Waals surface area contributed by atoms with E-state index in [-0.39, 0.29) is 28.3 Å². The predicted octanol–water partition coefficient (Wildman–Crippen LogP) is 13.0. The van der Waals surface area contributed by atoms with Crippen molar-refractivity contribution in [3.8, 4) is 44.5 Å². The summed E-state index contributed by atoms with van der Waals surface area (Å²) in [6, 6.07) is 28.0. The van der Waals surface area contributed by atoms with E-state index in [2.05, 4.69) is 30.3 Å². The van der Waals surface area contributed by atoms with Crippen LogP contribution >= 0.6 is 11.3 Å². The Labute approximate surface area is 281 Å². The molecule has 45 heavy (non-hydrogen) atoms.